The first-order valence-corrected chi connectivity index (χ1v) is 11.8. The molecule has 31 heavy (non-hydrogen) atoms. The van der Waals surface area contributed by atoms with Gasteiger partial charge in [-0.1, -0.05) is 42.5 Å². The van der Waals surface area contributed by atoms with E-state index in [9.17, 15) is 0 Å². The van der Waals surface area contributed by atoms with E-state index in [4.69, 9.17) is 4.98 Å². The second-order valence-electron chi connectivity index (χ2n) is 7.68. The first-order valence-electron chi connectivity index (χ1n) is 10.6. The molecular weight excluding hydrogens is 400 g/mol. The predicted molar refractivity (Wildman–Crippen MR) is 130 cm³/mol. The van der Waals surface area contributed by atoms with Crippen LogP contribution in [0.5, 0.6) is 0 Å². The number of aromatic nitrogens is 3. The van der Waals surface area contributed by atoms with Gasteiger partial charge in [0, 0.05) is 41.5 Å². The van der Waals surface area contributed by atoms with E-state index in [1.807, 2.05) is 30.9 Å². The number of thioether (sulfide) groups is 1. The van der Waals surface area contributed by atoms with Crippen molar-refractivity contribution in [1.82, 2.24) is 19.4 Å². The quantitative estimate of drug-likeness (QED) is 0.313. The van der Waals surface area contributed by atoms with Crippen LogP contribution >= 0.6 is 11.8 Å². The molecule has 0 saturated heterocycles. The highest BCUT2D eigenvalue weighted by atomic mass is 32.2. The Balaban J connectivity index is 1.54. The second-order valence-corrected chi connectivity index (χ2v) is 8.56. The van der Waals surface area contributed by atoms with Crippen LogP contribution in [0.15, 0.2) is 90.3 Å². The van der Waals surface area contributed by atoms with Crippen molar-refractivity contribution in [2.75, 3.05) is 19.8 Å². The molecule has 2 aromatic carbocycles. The predicted octanol–water partition coefficient (Wildman–Crippen LogP) is 5.86. The molecule has 0 bridgehead atoms. The van der Waals surface area contributed by atoms with Gasteiger partial charge in [-0.15, -0.1) is 11.8 Å². The summed E-state index contributed by atoms with van der Waals surface area (Å²) in [6.07, 6.45) is 8.81. The summed E-state index contributed by atoms with van der Waals surface area (Å²) in [4.78, 5) is 12.6. The van der Waals surface area contributed by atoms with E-state index in [0.717, 1.165) is 37.3 Å². The lowest BCUT2D eigenvalue weighted by Gasteiger charge is -2.17. The minimum absolute atomic E-state index is 0.927. The largest absolute Gasteiger partial charge is 0.330 e. The van der Waals surface area contributed by atoms with Crippen LogP contribution in [0.4, 0.5) is 0 Å². The maximum Gasteiger partial charge on any atom is 0.0964 e. The van der Waals surface area contributed by atoms with Gasteiger partial charge in [-0.2, -0.15) is 0 Å². The Morgan fingerprint density at radius 2 is 1.74 bits per heavy atom. The molecular formula is C26H28N4S. The fourth-order valence-corrected chi connectivity index (χ4v) is 4.29. The van der Waals surface area contributed by atoms with Crippen molar-refractivity contribution in [3.8, 4) is 22.5 Å². The van der Waals surface area contributed by atoms with E-state index in [1.165, 1.54) is 21.7 Å². The minimum Gasteiger partial charge on any atom is -0.330 e. The Morgan fingerprint density at radius 3 is 2.52 bits per heavy atom. The fraction of sp³-hybridized carbons (Fsp3) is 0.231. The van der Waals surface area contributed by atoms with E-state index in [1.54, 1.807) is 11.8 Å². The van der Waals surface area contributed by atoms with Gasteiger partial charge in [0.1, 0.15) is 0 Å². The molecule has 0 spiro atoms. The zero-order valence-corrected chi connectivity index (χ0v) is 18.9. The number of hydrogen-bond donors (Lipinski definition) is 0. The summed E-state index contributed by atoms with van der Waals surface area (Å²) < 4.78 is 2.30. The molecule has 2 heterocycles. The number of imidazole rings is 1. The van der Waals surface area contributed by atoms with Gasteiger partial charge in [-0.25, -0.2) is 4.98 Å². The van der Waals surface area contributed by atoms with Crippen molar-refractivity contribution in [2.24, 2.45) is 0 Å². The van der Waals surface area contributed by atoms with Gasteiger partial charge in [-0.05, 0) is 56.1 Å². The van der Waals surface area contributed by atoms with E-state index < -0.39 is 0 Å². The van der Waals surface area contributed by atoms with Crippen molar-refractivity contribution in [3.05, 3.63) is 91.0 Å². The van der Waals surface area contributed by atoms with Crippen molar-refractivity contribution >= 4 is 11.8 Å². The number of pyridine rings is 1. The molecule has 4 rings (SSSR count). The summed E-state index contributed by atoms with van der Waals surface area (Å²) in [5.74, 6) is 0. The van der Waals surface area contributed by atoms with E-state index >= 15 is 0 Å². The molecule has 0 radical (unpaired) electrons. The van der Waals surface area contributed by atoms with Gasteiger partial charge in [-0.3, -0.25) is 4.98 Å². The maximum absolute atomic E-state index is 4.80. The summed E-state index contributed by atoms with van der Waals surface area (Å²) in [6.45, 7) is 2.92. The smallest absolute Gasteiger partial charge is 0.0964 e. The zero-order valence-electron chi connectivity index (χ0n) is 18.1. The van der Waals surface area contributed by atoms with Gasteiger partial charge < -0.3 is 9.47 Å². The highest BCUT2D eigenvalue weighted by Gasteiger charge is 2.15. The Bertz CT molecular complexity index is 1090. The number of hydrogen-bond acceptors (Lipinski definition) is 4. The molecule has 0 saturated carbocycles. The molecule has 4 nitrogen and oxygen atoms in total. The van der Waals surface area contributed by atoms with Crippen molar-refractivity contribution in [2.45, 2.75) is 24.4 Å². The molecule has 0 aliphatic rings. The molecule has 0 fully saturated rings. The number of benzene rings is 2. The summed E-state index contributed by atoms with van der Waals surface area (Å²) >= 11 is 1.76. The third kappa shape index (κ3) is 5.43. The van der Waals surface area contributed by atoms with Crippen LogP contribution in [0.1, 0.15) is 12.0 Å². The summed E-state index contributed by atoms with van der Waals surface area (Å²) in [5, 5.41) is 0. The van der Waals surface area contributed by atoms with Gasteiger partial charge in [0.05, 0.1) is 17.7 Å². The maximum atomic E-state index is 4.80. The van der Waals surface area contributed by atoms with Crippen LogP contribution < -0.4 is 0 Å². The third-order valence-corrected chi connectivity index (χ3v) is 6.09. The second kappa shape index (κ2) is 10.4. The molecule has 0 aliphatic carbocycles. The first-order chi connectivity index (χ1) is 15.2. The number of nitrogens with zero attached hydrogens (tertiary/aromatic N) is 4. The first kappa shape index (κ1) is 21.3. The number of aryl methyl sites for hydroxylation is 1. The van der Waals surface area contributed by atoms with Crippen molar-refractivity contribution < 1.29 is 0 Å². The summed E-state index contributed by atoms with van der Waals surface area (Å²) in [6, 6.07) is 23.4. The van der Waals surface area contributed by atoms with Crippen molar-refractivity contribution in [1.29, 1.82) is 0 Å². The number of rotatable bonds is 9. The summed E-state index contributed by atoms with van der Waals surface area (Å²) in [5.41, 5.74) is 5.83. The van der Waals surface area contributed by atoms with Gasteiger partial charge in [0.25, 0.3) is 0 Å². The fourth-order valence-electron chi connectivity index (χ4n) is 3.83. The molecule has 0 amide bonds. The van der Waals surface area contributed by atoms with Crippen LogP contribution in [0.25, 0.3) is 22.5 Å². The minimum atomic E-state index is 0.927. The summed E-state index contributed by atoms with van der Waals surface area (Å²) in [7, 11) is 2.19. The van der Waals surface area contributed by atoms with Crippen LogP contribution in [0.3, 0.4) is 0 Å². The Morgan fingerprint density at radius 1 is 0.935 bits per heavy atom. The lowest BCUT2D eigenvalue weighted by atomic mass is 10.1. The lowest BCUT2D eigenvalue weighted by Crippen LogP contribution is -2.20. The van der Waals surface area contributed by atoms with Gasteiger partial charge in [0.2, 0.25) is 0 Å². The normalized spacial score (nSPS) is 11.2. The molecule has 0 N–H and O–H groups in total. The monoisotopic (exact) mass is 428 g/mol. The molecule has 2 aromatic heterocycles. The van der Waals surface area contributed by atoms with Crippen LogP contribution in [0, 0.1) is 0 Å². The average molecular weight is 429 g/mol. The van der Waals surface area contributed by atoms with Crippen LogP contribution in [0.2, 0.25) is 0 Å². The average Bonchev–Trinajstić information content (AvgIpc) is 3.24. The van der Waals surface area contributed by atoms with Crippen LogP contribution in [-0.4, -0.2) is 39.3 Å². The lowest BCUT2D eigenvalue weighted by molar-refractivity contribution is 0.314. The highest BCUT2D eigenvalue weighted by molar-refractivity contribution is 7.98. The molecule has 158 valence electrons. The Labute approximate surface area is 189 Å². The molecule has 0 unspecified atom stereocenters. The molecule has 0 aliphatic heterocycles. The standard InChI is InChI=1S/C26H28N4S/c1-29(19-21-8-4-3-5-9-21)16-7-17-30-20-28-25(22-12-14-27-15-13-22)26(30)23-10-6-11-24(18-23)31-2/h3-6,8-15,18,20H,7,16-17,19H2,1-2H3. The SMILES string of the molecule is CSc1cccc(-c2c(-c3ccncc3)ncn2CCCN(C)Cc2ccccc2)c1. The van der Waals surface area contributed by atoms with E-state index in [-0.39, 0.29) is 0 Å². The Kier molecular flexibility index (Phi) is 7.18. The van der Waals surface area contributed by atoms with Crippen molar-refractivity contribution in [3.63, 3.8) is 0 Å². The zero-order chi connectivity index (χ0) is 21.5. The topological polar surface area (TPSA) is 34.0 Å². The highest BCUT2D eigenvalue weighted by Crippen LogP contribution is 2.33. The van der Waals surface area contributed by atoms with Crippen LogP contribution in [-0.2, 0) is 13.1 Å². The Hall–Kier alpha value is -2.89. The van der Waals surface area contributed by atoms with E-state index in [0.29, 0.717) is 0 Å². The third-order valence-electron chi connectivity index (χ3n) is 5.37. The van der Waals surface area contributed by atoms with Gasteiger partial charge >= 0.3 is 0 Å². The molecule has 5 heteroatoms. The van der Waals surface area contributed by atoms with E-state index in [2.05, 4.69) is 82.4 Å². The van der Waals surface area contributed by atoms with Gasteiger partial charge in [0.15, 0.2) is 0 Å². The molecule has 4 aromatic rings. The molecule has 0 atom stereocenters.